The van der Waals surface area contributed by atoms with Gasteiger partial charge in [0.2, 0.25) is 0 Å². The van der Waals surface area contributed by atoms with Crippen LogP contribution in [0.25, 0.3) is 16.8 Å². The molecule has 3 nitrogen and oxygen atoms in total. The van der Waals surface area contributed by atoms with Crippen molar-refractivity contribution in [3.05, 3.63) is 60.7 Å². The Hall–Kier alpha value is -2.47. The summed E-state index contributed by atoms with van der Waals surface area (Å²) in [4.78, 5) is 6.89. The van der Waals surface area contributed by atoms with E-state index >= 15 is 0 Å². The van der Waals surface area contributed by atoms with Crippen LogP contribution in [0.1, 0.15) is 63.9 Å². The quantitative estimate of drug-likeness (QED) is 0.319. The maximum atomic E-state index is 13.6. The summed E-state index contributed by atoms with van der Waals surface area (Å²) < 4.78 is 40.8. The molecule has 0 atom stereocenters. The monoisotopic (exact) mass is 539 g/mol. The second kappa shape index (κ2) is 12.0. The van der Waals surface area contributed by atoms with Crippen LogP contribution in [0.15, 0.2) is 55.1 Å². The molecule has 0 bridgehead atoms. The van der Waals surface area contributed by atoms with E-state index in [9.17, 15) is 13.2 Å². The zero-order valence-electron chi connectivity index (χ0n) is 23.5. The molecule has 212 valence electrons. The Kier molecular flexibility index (Phi) is 8.60. The zero-order chi connectivity index (χ0) is 27.5. The van der Waals surface area contributed by atoms with E-state index in [4.69, 9.17) is 0 Å². The van der Waals surface area contributed by atoms with E-state index in [1.807, 2.05) is 0 Å². The molecule has 2 saturated heterocycles. The van der Waals surface area contributed by atoms with Crippen LogP contribution in [-0.2, 0) is 0 Å². The molecular weight excluding hydrogens is 495 g/mol. The summed E-state index contributed by atoms with van der Waals surface area (Å²) in [7, 11) is 0. The lowest BCUT2D eigenvalue weighted by Crippen LogP contribution is -2.53. The molecule has 0 radical (unpaired) electrons. The molecule has 2 aromatic rings. The predicted molar refractivity (Wildman–Crippen MR) is 156 cm³/mol. The van der Waals surface area contributed by atoms with Crippen LogP contribution in [0.4, 0.5) is 18.9 Å². The van der Waals surface area contributed by atoms with Crippen LogP contribution in [0.3, 0.4) is 0 Å². The molecule has 3 aliphatic rings. The van der Waals surface area contributed by atoms with Crippen molar-refractivity contribution >= 4 is 11.4 Å². The standard InChI is InChI=1S/C33H44F3N3/c1-3-38(24-27-16-22-37(23-17-27)25-32(18-7-19-32)33(34,35)36)31-14-12-30(13-15-31)29-10-8-28(9-11-29)26(2)39-20-5-4-6-21-39/h8-15,27H,2-7,16-25H2,1H3. The van der Waals surface area contributed by atoms with Gasteiger partial charge < -0.3 is 14.7 Å². The average Bonchev–Trinajstić information content (AvgIpc) is 2.94. The van der Waals surface area contributed by atoms with Gasteiger partial charge in [-0.25, -0.2) is 0 Å². The number of hydrogen-bond donors (Lipinski definition) is 0. The number of benzene rings is 2. The summed E-state index contributed by atoms with van der Waals surface area (Å²) in [6.07, 6.45) is 2.99. The molecule has 2 aromatic carbocycles. The Labute approximate surface area is 232 Å². The van der Waals surface area contributed by atoms with Crippen molar-refractivity contribution in [3.8, 4) is 11.1 Å². The minimum absolute atomic E-state index is 0.190. The maximum absolute atomic E-state index is 13.6. The van der Waals surface area contributed by atoms with E-state index in [-0.39, 0.29) is 6.54 Å². The van der Waals surface area contributed by atoms with E-state index in [2.05, 4.69) is 76.7 Å². The molecule has 0 N–H and O–H groups in total. The molecule has 0 amide bonds. The van der Waals surface area contributed by atoms with Gasteiger partial charge in [0.05, 0.1) is 5.41 Å². The smallest absolute Gasteiger partial charge is 0.372 e. The second-order valence-corrected chi connectivity index (χ2v) is 12.0. The molecule has 2 heterocycles. The molecule has 1 saturated carbocycles. The van der Waals surface area contributed by atoms with Crippen molar-refractivity contribution in [1.29, 1.82) is 0 Å². The van der Waals surface area contributed by atoms with Crippen molar-refractivity contribution < 1.29 is 13.2 Å². The topological polar surface area (TPSA) is 9.72 Å². The highest BCUT2D eigenvalue weighted by Crippen LogP contribution is 2.53. The Morgan fingerprint density at radius 2 is 1.46 bits per heavy atom. The maximum Gasteiger partial charge on any atom is 0.395 e. The van der Waals surface area contributed by atoms with E-state index in [1.54, 1.807) is 0 Å². The summed E-state index contributed by atoms with van der Waals surface area (Å²) in [5.41, 5.74) is 4.50. The van der Waals surface area contributed by atoms with Crippen molar-refractivity contribution in [2.45, 2.75) is 64.5 Å². The van der Waals surface area contributed by atoms with Gasteiger partial charge in [0.1, 0.15) is 0 Å². The molecule has 5 rings (SSSR count). The van der Waals surface area contributed by atoms with E-state index in [0.717, 1.165) is 57.8 Å². The van der Waals surface area contributed by atoms with Gasteiger partial charge in [-0.3, -0.25) is 0 Å². The van der Waals surface area contributed by atoms with Crippen LogP contribution < -0.4 is 4.90 Å². The summed E-state index contributed by atoms with van der Waals surface area (Å²) in [6.45, 7) is 12.4. The number of rotatable bonds is 9. The lowest BCUT2D eigenvalue weighted by atomic mass is 9.67. The van der Waals surface area contributed by atoms with E-state index in [0.29, 0.717) is 25.2 Å². The van der Waals surface area contributed by atoms with Crippen LogP contribution in [0.5, 0.6) is 0 Å². The number of anilines is 1. The minimum atomic E-state index is -4.07. The summed E-state index contributed by atoms with van der Waals surface area (Å²) in [6, 6.07) is 17.6. The third-order valence-electron chi connectivity index (χ3n) is 9.53. The van der Waals surface area contributed by atoms with Gasteiger partial charge in [-0.2, -0.15) is 13.2 Å². The SMILES string of the molecule is C=C(c1ccc(-c2ccc(N(CC)CC3CCN(CC4(C(F)(F)F)CCC4)CC3)cc2)cc1)N1CCCCC1. The van der Waals surface area contributed by atoms with Gasteiger partial charge in [-0.05, 0) is 99.7 Å². The van der Waals surface area contributed by atoms with Gasteiger partial charge >= 0.3 is 6.18 Å². The largest absolute Gasteiger partial charge is 0.395 e. The van der Waals surface area contributed by atoms with Crippen molar-refractivity contribution in [2.75, 3.05) is 50.7 Å². The number of likely N-dealkylation sites (tertiary alicyclic amines) is 2. The molecule has 0 unspecified atom stereocenters. The number of piperidine rings is 2. The highest BCUT2D eigenvalue weighted by atomic mass is 19.4. The first-order chi connectivity index (χ1) is 18.8. The summed E-state index contributed by atoms with van der Waals surface area (Å²) in [5.74, 6) is 0.518. The Bertz CT molecular complexity index is 1070. The van der Waals surface area contributed by atoms with E-state index in [1.165, 1.54) is 41.6 Å². The molecule has 39 heavy (non-hydrogen) atoms. The highest BCUT2D eigenvalue weighted by Gasteiger charge is 2.58. The zero-order valence-corrected chi connectivity index (χ0v) is 23.5. The minimum Gasteiger partial charge on any atom is -0.372 e. The number of nitrogens with zero attached hydrogens (tertiary/aromatic N) is 3. The molecule has 3 fully saturated rings. The first kappa shape index (κ1) is 28.1. The highest BCUT2D eigenvalue weighted by molar-refractivity contribution is 5.70. The predicted octanol–water partition coefficient (Wildman–Crippen LogP) is 8.08. The first-order valence-corrected chi connectivity index (χ1v) is 15.0. The van der Waals surface area contributed by atoms with Gasteiger partial charge in [-0.15, -0.1) is 0 Å². The number of hydrogen-bond acceptors (Lipinski definition) is 3. The summed E-state index contributed by atoms with van der Waals surface area (Å²) in [5, 5.41) is 0. The van der Waals surface area contributed by atoms with Crippen molar-refractivity contribution in [1.82, 2.24) is 9.80 Å². The van der Waals surface area contributed by atoms with Crippen LogP contribution in [0, 0.1) is 11.3 Å². The summed E-state index contributed by atoms with van der Waals surface area (Å²) >= 11 is 0. The fourth-order valence-electron chi connectivity index (χ4n) is 6.68. The van der Waals surface area contributed by atoms with Crippen LogP contribution in [0.2, 0.25) is 0 Å². The fourth-order valence-corrected chi connectivity index (χ4v) is 6.68. The Balaban J connectivity index is 1.14. The van der Waals surface area contributed by atoms with Gasteiger partial charge in [0.15, 0.2) is 0 Å². The average molecular weight is 540 g/mol. The van der Waals surface area contributed by atoms with E-state index < -0.39 is 11.6 Å². The molecular formula is C33H44F3N3. The molecule has 0 aromatic heterocycles. The molecule has 6 heteroatoms. The first-order valence-electron chi connectivity index (χ1n) is 15.0. The van der Waals surface area contributed by atoms with Crippen molar-refractivity contribution in [3.63, 3.8) is 0 Å². The lowest BCUT2D eigenvalue weighted by molar-refractivity contribution is -0.256. The second-order valence-electron chi connectivity index (χ2n) is 12.0. The Morgan fingerprint density at radius 3 is 1.97 bits per heavy atom. The van der Waals surface area contributed by atoms with Gasteiger partial charge in [0.25, 0.3) is 0 Å². The number of halogens is 3. The van der Waals surface area contributed by atoms with Gasteiger partial charge in [-0.1, -0.05) is 49.4 Å². The normalized spacial score (nSPS) is 20.5. The van der Waals surface area contributed by atoms with Crippen molar-refractivity contribution in [2.24, 2.45) is 11.3 Å². The number of alkyl halides is 3. The third-order valence-corrected chi connectivity index (χ3v) is 9.53. The fraction of sp³-hybridized carbons (Fsp3) is 0.576. The Morgan fingerprint density at radius 1 is 0.872 bits per heavy atom. The van der Waals surface area contributed by atoms with Crippen LogP contribution in [-0.4, -0.2) is 61.8 Å². The van der Waals surface area contributed by atoms with Gasteiger partial charge in [0, 0.05) is 44.1 Å². The molecule has 0 spiro atoms. The third kappa shape index (κ3) is 6.32. The molecule has 2 aliphatic heterocycles. The van der Waals surface area contributed by atoms with Crippen LogP contribution >= 0.6 is 0 Å². The lowest BCUT2D eigenvalue weighted by Gasteiger charge is -2.47. The molecule has 1 aliphatic carbocycles.